The second-order valence-corrected chi connectivity index (χ2v) is 3.08. The van der Waals surface area contributed by atoms with Crippen LogP contribution in [0.25, 0.3) is 0 Å². The third-order valence-electron chi connectivity index (χ3n) is 1.52. The van der Waals surface area contributed by atoms with Gasteiger partial charge in [0, 0.05) is 10.1 Å². The number of hydrogen-bond donors (Lipinski definition) is 1. The maximum absolute atomic E-state index is 5.60. The van der Waals surface area contributed by atoms with Crippen molar-refractivity contribution in [1.29, 1.82) is 0 Å². The molecule has 0 saturated heterocycles. The Balaban J connectivity index is 3.09. The molecule has 1 rings (SSSR count). The van der Waals surface area contributed by atoms with Gasteiger partial charge in [0.25, 0.3) is 0 Å². The van der Waals surface area contributed by atoms with E-state index in [-0.39, 0.29) is 0 Å². The molecule has 2 N–H and O–H groups in total. The standard InChI is InChI=1S/C8H10IN/c1-6-2-3-8(10)4-7(6)5-9/h2-4H,5,10H2,1H3. The molecule has 0 bridgehead atoms. The number of rotatable bonds is 1. The van der Waals surface area contributed by atoms with Crippen LogP contribution in [0.2, 0.25) is 0 Å². The zero-order chi connectivity index (χ0) is 7.56. The molecule has 0 atom stereocenters. The van der Waals surface area contributed by atoms with Gasteiger partial charge in [-0.2, -0.15) is 0 Å². The van der Waals surface area contributed by atoms with Crippen molar-refractivity contribution in [3.05, 3.63) is 29.3 Å². The minimum absolute atomic E-state index is 0.859. The van der Waals surface area contributed by atoms with Crippen LogP contribution in [-0.4, -0.2) is 0 Å². The van der Waals surface area contributed by atoms with E-state index in [9.17, 15) is 0 Å². The molecule has 0 spiro atoms. The Morgan fingerprint density at radius 1 is 1.50 bits per heavy atom. The van der Waals surface area contributed by atoms with Gasteiger partial charge in [-0.05, 0) is 30.2 Å². The van der Waals surface area contributed by atoms with E-state index >= 15 is 0 Å². The fourth-order valence-corrected chi connectivity index (χ4v) is 1.66. The number of nitrogens with two attached hydrogens (primary N) is 1. The summed E-state index contributed by atoms with van der Waals surface area (Å²) in [7, 11) is 0. The number of alkyl halides is 1. The van der Waals surface area contributed by atoms with Crippen LogP contribution < -0.4 is 5.73 Å². The molecule has 0 unspecified atom stereocenters. The topological polar surface area (TPSA) is 26.0 Å². The van der Waals surface area contributed by atoms with Crippen molar-refractivity contribution >= 4 is 28.3 Å². The van der Waals surface area contributed by atoms with E-state index in [0.29, 0.717) is 0 Å². The van der Waals surface area contributed by atoms with Gasteiger partial charge in [0.05, 0.1) is 0 Å². The van der Waals surface area contributed by atoms with Gasteiger partial charge in [0.15, 0.2) is 0 Å². The molecule has 0 aliphatic carbocycles. The summed E-state index contributed by atoms with van der Waals surface area (Å²) in [6.45, 7) is 2.10. The Bertz CT molecular complexity index is 233. The van der Waals surface area contributed by atoms with Crippen molar-refractivity contribution in [1.82, 2.24) is 0 Å². The largest absolute Gasteiger partial charge is 0.399 e. The van der Waals surface area contributed by atoms with E-state index in [4.69, 9.17) is 5.73 Å². The number of hydrogen-bond acceptors (Lipinski definition) is 1. The van der Waals surface area contributed by atoms with Crippen molar-refractivity contribution in [2.45, 2.75) is 11.4 Å². The smallest absolute Gasteiger partial charge is 0.0317 e. The van der Waals surface area contributed by atoms with Gasteiger partial charge < -0.3 is 5.73 Å². The maximum Gasteiger partial charge on any atom is 0.0317 e. The molecular weight excluding hydrogens is 237 g/mol. The summed E-state index contributed by atoms with van der Waals surface area (Å²) in [5, 5.41) is 0. The highest BCUT2D eigenvalue weighted by molar-refractivity contribution is 14.1. The summed E-state index contributed by atoms with van der Waals surface area (Å²) in [4.78, 5) is 0. The van der Waals surface area contributed by atoms with Gasteiger partial charge in [0.1, 0.15) is 0 Å². The van der Waals surface area contributed by atoms with Gasteiger partial charge in [-0.15, -0.1) is 0 Å². The van der Waals surface area contributed by atoms with E-state index in [0.717, 1.165) is 10.1 Å². The highest BCUT2D eigenvalue weighted by Crippen LogP contribution is 2.15. The summed E-state index contributed by atoms with van der Waals surface area (Å²) in [5.41, 5.74) is 9.11. The third kappa shape index (κ3) is 1.62. The number of nitrogen functional groups attached to an aromatic ring is 1. The van der Waals surface area contributed by atoms with E-state index in [2.05, 4.69) is 35.6 Å². The third-order valence-corrected chi connectivity index (χ3v) is 2.34. The Kier molecular flexibility index (Phi) is 2.54. The first kappa shape index (κ1) is 7.85. The maximum atomic E-state index is 5.60. The summed E-state index contributed by atoms with van der Waals surface area (Å²) < 4.78 is 1.04. The summed E-state index contributed by atoms with van der Waals surface area (Å²) >= 11 is 2.34. The molecule has 0 heterocycles. The second kappa shape index (κ2) is 3.23. The van der Waals surface area contributed by atoms with Crippen molar-refractivity contribution in [3.63, 3.8) is 0 Å². The van der Waals surface area contributed by atoms with Crippen LogP contribution in [-0.2, 0) is 4.43 Å². The van der Waals surface area contributed by atoms with Crippen LogP contribution in [0.3, 0.4) is 0 Å². The second-order valence-electron chi connectivity index (χ2n) is 2.32. The Hall–Kier alpha value is -0.250. The lowest BCUT2D eigenvalue weighted by atomic mass is 10.1. The molecule has 0 amide bonds. The van der Waals surface area contributed by atoms with Gasteiger partial charge in [-0.25, -0.2) is 0 Å². The van der Waals surface area contributed by atoms with E-state index in [1.807, 2.05) is 12.1 Å². The minimum Gasteiger partial charge on any atom is -0.399 e. The summed E-state index contributed by atoms with van der Waals surface area (Å²) in [6, 6.07) is 6.02. The SMILES string of the molecule is Cc1ccc(N)cc1CI. The molecule has 1 nitrogen and oxygen atoms in total. The van der Waals surface area contributed by atoms with Gasteiger partial charge in [-0.3, -0.25) is 0 Å². The Morgan fingerprint density at radius 2 is 2.20 bits per heavy atom. The molecule has 2 heteroatoms. The average Bonchev–Trinajstić information content (AvgIpc) is 1.94. The van der Waals surface area contributed by atoms with Gasteiger partial charge in [0.2, 0.25) is 0 Å². The lowest BCUT2D eigenvalue weighted by molar-refractivity contribution is 1.33. The van der Waals surface area contributed by atoms with Crippen LogP contribution >= 0.6 is 22.6 Å². The summed E-state index contributed by atoms with van der Waals surface area (Å²) in [6.07, 6.45) is 0. The van der Waals surface area contributed by atoms with Gasteiger partial charge >= 0.3 is 0 Å². The van der Waals surface area contributed by atoms with Crippen molar-refractivity contribution in [2.75, 3.05) is 5.73 Å². The molecule has 1 aromatic rings. The molecule has 0 aliphatic rings. The van der Waals surface area contributed by atoms with Crippen LogP contribution in [0.1, 0.15) is 11.1 Å². The minimum atomic E-state index is 0.859. The molecule has 0 aromatic heterocycles. The van der Waals surface area contributed by atoms with E-state index < -0.39 is 0 Å². The quantitative estimate of drug-likeness (QED) is 0.460. The first-order valence-electron chi connectivity index (χ1n) is 3.15. The van der Waals surface area contributed by atoms with Crippen molar-refractivity contribution < 1.29 is 0 Å². The highest BCUT2D eigenvalue weighted by atomic mass is 127. The Labute approximate surface area is 74.8 Å². The van der Waals surface area contributed by atoms with Crippen LogP contribution in [0.4, 0.5) is 5.69 Å². The van der Waals surface area contributed by atoms with Gasteiger partial charge in [-0.1, -0.05) is 28.7 Å². The Morgan fingerprint density at radius 3 is 2.70 bits per heavy atom. The zero-order valence-corrected chi connectivity index (χ0v) is 8.05. The number of anilines is 1. The molecular formula is C8H10IN. The van der Waals surface area contributed by atoms with E-state index in [1.165, 1.54) is 11.1 Å². The summed E-state index contributed by atoms with van der Waals surface area (Å²) in [5.74, 6) is 0. The van der Waals surface area contributed by atoms with Crippen LogP contribution in [0.5, 0.6) is 0 Å². The molecule has 54 valence electrons. The lowest BCUT2D eigenvalue weighted by Crippen LogP contribution is -1.89. The molecule has 10 heavy (non-hydrogen) atoms. The average molecular weight is 247 g/mol. The lowest BCUT2D eigenvalue weighted by Gasteiger charge is -2.01. The first-order chi connectivity index (χ1) is 4.74. The number of benzene rings is 1. The molecule has 1 aromatic carbocycles. The predicted octanol–water partition coefficient (Wildman–Crippen LogP) is 2.51. The highest BCUT2D eigenvalue weighted by Gasteiger charge is 1.94. The van der Waals surface area contributed by atoms with Crippen molar-refractivity contribution in [3.8, 4) is 0 Å². The van der Waals surface area contributed by atoms with Crippen molar-refractivity contribution in [2.24, 2.45) is 0 Å². The molecule has 0 radical (unpaired) electrons. The number of aryl methyl sites for hydroxylation is 1. The van der Waals surface area contributed by atoms with Crippen LogP contribution in [0.15, 0.2) is 18.2 Å². The molecule has 0 fully saturated rings. The fourth-order valence-electron chi connectivity index (χ4n) is 0.835. The fraction of sp³-hybridized carbons (Fsp3) is 0.250. The monoisotopic (exact) mass is 247 g/mol. The number of halogens is 1. The molecule has 0 aliphatic heterocycles. The first-order valence-corrected chi connectivity index (χ1v) is 4.67. The van der Waals surface area contributed by atoms with E-state index in [1.54, 1.807) is 0 Å². The zero-order valence-electron chi connectivity index (χ0n) is 5.89. The molecule has 0 saturated carbocycles. The van der Waals surface area contributed by atoms with Crippen LogP contribution in [0, 0.1) is 6.92 Å². The normalized spacial score (nSPS) is 9.80. The predicted molar refractivity (Wildman–Crippen MR) is 53.3 cm³/mol.